The van der Waals surface area contributed by atoms with Crippen molar-refractivity contribution in [2.75, 3.05) is 13.1 Å². The van der Waals surface area contributed by atoms with Crippen molar-refractivity contribution in [2.45, 2.75) is 71.8 Å². The highest BCUT2D eigenvalue weighted by molar-refractivity contribution is 5.31. The van der Waals surface area contributed by atoms with E-state index in [1.807, 2.05) is 0 Å². The Kier molecular flexibility index (Phi) is 7.81. The molecule has 21 heavy (non-hydrogen) atoms. The van der Waals surface area contributed by atoms with E-state index >= 15 is 0 Å². The quantitative estimate of drug-likeness (QED) is 0.618. The van der Waals surface area contributed by atoms with E-state index in [0.717, 1.165) is 31.7 Å². The van der Waals surface area contributed by atoms with E-state index in [2.05, 4.69) is 64.2 Å². The first-order valence-electron chi connectivity index (χ1n) is 8.47. The van der Waals surface area contributed by atoms with Crippen LogP contribution in [-0.4, -0.2) is 19.2 Å². The van der Waals surface area contributed by atoms with Gasteiger partial charge in [0.1, 0.15) is 5.75 Å². The Labute approximate surface area is 131 Å². The van der Waals surface area contributed by atoms with Crippen molar-refractivity contribution in [3.05, 3.63) is 29.8 Å². The lowest BCUT2D eigenvalue weighted by Gasteiger charge is -2.23. The number of hydrogen-bond donors (Lipinski definition) is 1. The zero-order valence-electron chi connectivity index (χ0n) is 14.5. The number of benzene rings is 1. The molecule has 1 rings (SSSR count). The average molecular weight is 291 g/mol. The molecule has 1 N–H and O–H groups in total. The molecule has 0 fully saturated rings. The Morgan fingerprint density at radius 2 is 1.76 bits per heavy atom. The van der Waals surface area contributed by atoms with Gasteiger partial charge in [0, 0.05) is 0 Å². The second-order valence-electron chi connectivity index (χ2n) is 6.58. The van der Waals surface area contributed by atoms with Gasteiger partial charge in [-0.05, 0) is 68.8 Å². The molecule has 0 spiro atoms. The third-order valence-electron chi connectivity index (χ3n) is 4.25. The van der Waals surface area contributed by atoms with Crippen LogP contribution in [0.5, 0.6) is 5.75 Å². The minimum absolute atomic E-state index is 0.245. The minimum Gasteiger partial charge on any atom is -0.491 e. The van der Waals surface area contributed by atoms with Crippen molar-refractivity contribution in [1.29, 1.82) is 0 Å². The molecule has 1 atom stereocenters. The van der Waals surface area contributed by atoms with Gasteiger partial charge in [-0.2, -0.15) is 0 Å². The summed E-state index contributed by atoms with van der Waals surface area (Å²) in [5.74, 6) is 0.986. The van der Waals surface area contributed by atoms with Gasteiger partial charge in [0.05, 0.1) is 6.10 Å². The smallest absolute Gasteiger partial charge is 0.119 e. The summed E-state index contributed by atoms with van der Waals surface area (Å²) in [6.07, 6.45) is 4.89. The molecule has 1 aromatic carbocycles. The second-order valence-corrected chi connectivity index (χ2v) is 6.58. The lowest BCUT2D eigenvalue weighted by atomic mass is 9.82. The maximum absolute atomic E-state index is 5.99. The number of nitrogens with one attached hydrogen (secondary N) is 1. The minimum atomic E-state index is 0.245. The Bertz CT molecular complexity index is 383. The molecule has 0 saturated heterocycles. The SMILES string of the molecule is CCCNCCCC(C)Oc1ccc(C(C)(C)CC)cc1. The first-order chi connectivity index (χ1) is 9.99. The van der Waals surface area contributed by atoms with Crippen LogP contribution in [0.15, 0.2) is 24.3 Å². The summed E-state index contributed by atoms with van der Waals surface area (Å²) >= 11 is 0. The molecule has 2 heteroatoms. The summed E-state index contributed by atoms with van der Waals surface area (Å²) in [7, 11) is 0. The predicted octanol–water partition coefficient (Wildman–Crippen LogP) is 4.92. The highest BCUT2D eigenvalue weighted by atomic mass is 16.5. The summed E-state index contributed by atoms with van der Waals surface area (Å²) in [4.78, 5) is 0. The molecule has 2 nitrogen and oxygen atoms in total. The molecule has 1 aromatic rings. The molecule has 0 aliphatic carbocycles. The number of hydrogen-bond acceptors (Lipinski definition) is 2. The summed E-state index contributed by atoms with van der Waals surface area (Å²) in [5, 5.41) is 3.43. The summed E-state index contributed by atoms with van der Waals surface area (Å²) in [6, 6.07) is 8.62. The molecular formula is C19H33NO. The molecule has 0 heterocycles. The van der Waals surface area contributed by atoms with Crippen LogP contribution in [-0.2, 0) is 5.41 Å². The number of rotatable bonds is 10. The molecule has 120 valence electrons. The average Bonchev–Trinajstić information content (AvgIpc) is 2.47. The lowest BCUT2D eigenvalue weighted by molar-refractivity contribution is 0.207. The standard InChI is InChI=1S/C19H33NO/c1-6-14-20-15-8-9-16(3)21-18-12-10-17(11-13-18)19(4,5)7-2/h10-13,16,20H,6-9,14-15H2,1-5H3. The van der Waals surface area contributed by atoms with Crippen molar-refractivity contribution >= 4 is 0 Å². The van der Waals surface area contributed by atoms with Crippen molar-refractivity contribution in [3.8, 4) is 5.75 Å². The van der Waals surface area contributed by atoms with Crippen molar-refractivity contribution in [2.24, 2.45) is 0 Å². The van der Waals surface area contributed by atoms with Crippen LogP contribution >= 0.6 is 0 Å². The van der Waals surface area contributed by atoms with Crippen molar-refractivity contribution in [1.82, 2.24) is 5.32 Å². The Morgan fingerprint density at radius 1 is 1.10 bits per heavy atom. The predicted molar refractivity (Wildman–Crippen MR) is 92.2 cm³/mol. The van der Waals surface area contributed by atoms with E-state index in [9.17, 15) is 0 Å². The fourth-order valence-corrected chi connectivity index (χ4v) is 2.30. The molecule has 0 amide bonds. The van der Waals surface area contributed by atoms with E-state index in [1.54, 1.807) is 0 Å². The third-order valence-corrected chi connectivity index (χ3v) is 4.25. The second kappa shape index (κ2) is 9.09. The molecule has 0 aromatic heterocycles. The van der Waals surface area contributed by atoms with Crippen LogP contribution in [0.1, 0.15) is 65.9 Å². The van der Waals surface area contributed by atoms with Gasteiger partial charge in [0.2, 0.25) is 0 Å². The van der Waals surface area contributed by atoms with E-state index in [4.69, 9.17) is 4.74 Å². The topological polar surface area (TPSA) is 21.3 Å². The van der Waals surface area contributed by atoms with Crippen LogP contribution in [0.4, 0.5) is 0 Å². The molecular weight excluding hydrogens is 258 g/mol. The highest BCUT2D eigenvalue weighted by Gasteiger charge is 2.17. The maximum atomic E-state index is 5.99. The van der Waals surface area contributed by atoms with Crippen LogP contribution in [0.3, 0.4) is 0 Å². The fourth-order valence-electron chi connectivity index (χ4n) is 2.30. The van der Waals surface area contributed by atoms with E-state index in [1.165, 1.54) is 18.4 Å². The van der Waals surface area contributed by atoms with Crippen LogP contribution in [0.25, 0.3) is 0 Å². The van der Waals surface area contributed by atoms with Gasteiger partial charge in [-0.1, -0.05) is 39.8 Å². The van der Waals surface area contributed by atoms with Gasteiger partial charge in [-0.15, -0.1) is 0 Å². The summed E-state index contributed by atoms with van der Waals surface area (Å²) < 4.78 is 5.99. The normalized spacial score (nSPS) is 13.2. The van der Waals surface area contributed by atoms with E-state index in [-0.39, 0.29) is 11.5 Å². The Balaban J connectivity index is 2.38. The van der Waals surface area contributed by atoms with E-state index < -0.39 is 0 Å². The summed E-state index contributed by atoms with van der Waals surface area (Å²) in [6.45, 7) is 13.4. The summed E-state index contributed by atoms with van der Waals surface area (Å²) in [5.41, 5.74) is 1.63. The maximum Gasteiger partial charge on any atom is 0.119 e. The first kappa shape index (κ1) is 18.0. The molecule has 0 aliphatic heterocycles. The first-order valence-corrected chi connectivity index (χ1v) is 8.47. The van der Waals surface area contributed by atoms with Gasteiger partial charge < -0.3 is 10.1 Å². The fraction of sp³-hybridized carbons (Fsp3) is 0.684. The highest BCUT2D eigenvalue weighted by Crippen LogP contribution is 2.28. The van der Waals surface area contributed by atoms with Crippen LogP contribution < -0.4 is 10.1 Å². The molecule has 0 radical (unpaired) electrons. The Morgan fingerprint density at radius 3 is 2.33 bits per heavy atom. The monoisotopic (exact) mass is 291 g/mol. The molecule has 1 unspecified atom stereocenters. The van der Waals surface area contributed by atoms with Crippen LogP contribution in [0, 0.1) is 0 Å². The third kappa shape index (κ3) is 6.52. The molecule has 0 saturated carbocycles. The zero-order chi connectivity index (χ0) is 15.7. The van der Waals surface area contributed by atoms with E-state index in [0.29, 0.717) is 0 Å². The van der Waals surface area contributed by atoms with Gasteiger partial charge in [-0.3, -0.25) is 0 Å². The zero-order valence-corrected chi connectivity index (χ0v) is 14.5. The Hall–Kier alpha value is -1.02. The van der Waals surface area contributed by atoms with Gasteiger partial charge >= 0.3 is 0 Å². The molecule has 0 bridgehead atoms. The van der Waals surface area contributed by atoms with Crippen molar-refractivity contribution < 1.29 is 4.74 Å². The van der Waals surface area contributed by atoms with Gasteiger partial charge in [0.15, 0.2) is 0 Å². The largest absolute Gasteiger partial charge is 0.491 e. The van der Waals surface area contributed by atoms with Crippen LogP contribution in [0.2, 0.25) is 0 Å². The van der Waals surface area contributed by atoms with Crippen molar-refractivity contribution in [3.63, 3.8) is 0 Å². The lowest BCUT2D eigenvalue weighted by Crippen LogP contribution is -2.19. The number of ether oxygens (including phenoxy) is 1. The van der Waals surface area contributed by atoms with Gasteiger partial charge in [-0.25, -0.2) is 0 Å². The van der Waals surface area contributed by atoms with Gasteiger partial charge in [0.25, 0.3) is 0 Å². The molecule has 0 aliphatic rings.